The highest BCUT2D eigenvalue weighted by molar-refractivity contribution is 5.89. The van der Waals surface area contributed by atoms with Crippen LogP contribution in [0, 0.1) is 10.1 Å². The summed E-state index contributed by atoms with van der Waals surface area (Å²) >= 11 is 0. The maximum Gasteiger partial charge on any atom is 0.393 e. The fraction of sp³-hybridized carbons (Fsp3) is 0.111. The Morgan fingerprint density at radius 3 is 2.53 bits per heavy atom. The van der Waals surface area contributed by atoms with E-state index < -0.39 is 16.7 Å². The van der Waals surface area contributed by atoms with Gasteiger partial charge in [0.2, 0.25) is 0 Å². The molecule has 1 aromatic carbocycles. The normalized spacial score (nSPS) is 10.9. The van der Waals surface area contributed by atoms with E-state index in [-0.39, 0.29) is 5.56 Å². The van der Waals surface area contributed by atoms with Crippen molar-refractivity contribution < 1.29 is 14.6 Å². The van der Waals surface area contributed by atoms with Crippen LogP contribution in [0.5, 0.6) is 0 Å². The van der Waals surface area contributed by atoms with Crippen LogP contribution >= 0.6 is 0 Å². The van der Waals surface area contributed by atoms with Crippen LogP contribution in [0.25, 0.3) is 0 Å². The lowest BCUT2D eigenvalue weighted by Gasteiger charge is -1.93. The van der Waals surface area contributed by atoms with E-state index in [2.05, 4.69) is 9.99 Å². The predicted octanol–water partition coefficient (Wildman–Crippen LogP) is 1.45. The number of amidine groups is 1. The highest BCUT2D eigenvalue weighted by atomic mass is 16.7. The molecule has 6 heteroatoms. The first kappa shape index (κ1) is 10.8. The lowest BCUT2D eigenvalue weighted by molar-refractivity contribution is -0.353. The molecule has 0 spiro atoms. The van der Waals surface area contributed by atoms with Gasteiger partial charge in [0.05, 0.1) is 12.5 Å². The van der Waals surface area contributed by atoms with Crippen LogP contribution < -0.4 is 0 Å². The fourth-order valence-corrected chi connectivity index (χ4v) is 0.768. The van der Waals surface area contributed by atoms with E-state index in [0.717, 1.165) is 6.92 Å². The molecule has 15 heavy (non-hydrogen) atoms. The lowest BCUT2D eigenvalue weighted by Crippen LogP contribution is -2.09. The Labute approximate surface area is 85.3 Å². The molecule has 0 unspecified atom stereocenters. The quantitative estimate of drug-likeness (QED) is 0.242. The second kappa shape index (κ2) is 4.85. The monoisotopic (exact) mass is 208 g/mol. The molecule has 0 saturated carbocycles. The van der Waals surface area contributed by atoms with Crippen LogP contribution in [0.2, 0.25) is 0 Å². The van der Waals surface area contributed by atoms with Crippen molar-refractivity contribution in [1.82, 2.24) is 0 Å². The maximum atomic E-state index is 11.2. The Morgan fingerprint density at radius 2 is 2.00 bits per heavy atom. The van der Waals surface area contributed by atoms with Gasteiger partial charge in [-0.25, -0.2) is 9.63 Å². The van der Waals surface area contributed by atoms with E-state index in [0.29, 0.717) is 0 Å². The summed E-state index contributed by atoms with van der Waals surface area (Å²) in [6, 6.07) is 8.10. The average Bonchev–Trinajstić information content (AvgIpc) is 2.26. The molecule has 0 heterocycles. The van der Waals surface area contributed by atoms with Crippen molar-refractivity contribution >= 4 is 11.8 Å². The first-order chi connectivity index (χ1) is 7.11. The third-order valence-corrected chi connectivity index (χ3v) is 1.53. The highest BCUT2D eigenvalue weighted by Crippen LogP contribution is 2.01. The van der Waals surface area contributed by atoms with E-state index in [4.69, 9.17) is 0 Å². The largest absolute Gasteiger partial charge is 0.393 e. The summed E-state index contributed by atoms with van der Waals surface area (Å²) in [6.07, 6.45) is 0. The molecule has 0 aliphatic carbocycles. The van der Waals surface area contributed by atoms with Gasteiger partial charge in [0.15, 0.2) is 5.16 Å². The summed E-state index contributed by atoms with van der Waals surface area (Å²) in [6.45, 7) is 1.14. The first-order valence-electron chi connectivity index (χ1n) is 4.06. The van der Waals surface area contributed by atoms with Crippen LogP contribution in [0.1, 0.15) is 17.3 Å². The van der Waals surface area contributed by atoms with Gasteiger partial charge >= 0.3 is 11.8 Å². The summed E-state index contributed by atoms with van der Waals surface area (Å²) in [4.78, 5) is 25.0. The molecule has 0 N–H and O–H groups in total. The summed E-state index contributed by atoms with van der Waals surface area (Å²) in [5.41, 5.74) is 0.289. The molecular weight excluding hydrogens is 200 g/mol. The van der Waals surface area contributed by atoms with Crippen LogP contribution in [0.3, 0.4) is 0 Å². The number of hydrogen-bond donors (Lipinski definition) is 0. The highest BCUT2D eigenvalue weighted by Gasteiger charge is 2.12. The SMILES string of the molecule is C/C(=N\OC(=O)c1ccccc1)[N+](=O)[O-]. The van der Waals surface area contributed by atoms with E-state index in [9.17, 15) is 14.9 Å². The first-order valence-corrected chi connectivity index (χ1v) is 4.06. The Balaban J connectivity index is 2.66. The smallest absolute Gasteiger partial charge is 0.358 e. The number of benzene rings is 1. The summed E-state index contributed by atoms with van der Waals surface area (Å²) in [5.74, 6) is -1.20. The average molecular weight is 208 g/mol. The topological polar surface area (TPSA) is 81.8 Å². The molecule has 0 aliphatic heterocycles. The third-order valence-electron chi connectivity index (χ3n) is 1.53. The molecule has 6 nitrogen and oxygen atoms in total. The third kappa shape index (κ3) is 3.18. The number of carbonyl (C=O) groups is 1. The Morgan fingerprint density at radius 1 is 1.40 bits per heavy atom. The second-order valence-corrected chi connectivity index (χ2v) is 2.64. The van der Waals surface area contributed by atoms with Gasteiger partial charge in [0.25, 0.3) is 0 Å². The van der Waals surface area contributed by atoms with Crippen molar-refractivity contribution in [2.75, 3.05) is 0 Å². The molecule has 0 aliphatic rings. The Bertz CT molecular complexity index is 400. The van der Waals surface area contributed by atoms with Crippen LogP contribution in [0.4, 0.5) is 0 Å². The predicted molar refractivity (Wildman–Crippen MR) is 52.0 cm³/mol. The van der Waals surface area contributed by atoms with Crippen LogP contribution in [-0.4, -0.2) is 16.7 Å². The zero-order chi connectivity index (χ0) is 11.3. The number of rotatable bonds is 2. The standard InChI is InChI=1S/C9H8N2O4/c1-7(11(13)14)10-15-9(12)8-5-3-2-4-6-8/h2-6H,1H3/b10-7+. The number of oxime groups is 1. The van der Waals surface area contributed by atoms with Crippen molar-refractivity contribution in [3.63, 3.8) is 0 Å². The number of nitrogens with zero attached hydrogens (tertiary/aromatic N) is 2. The van der Waals surface area contributed by atoms with Crippen molar-refractivity contribution in [1.29, 1.82) is 0 Å². The maximum absolute atomic E-state index is 11.2. The van der Waals surface area contributed by atoms with Gasteiger partial charge in [0.1, 0.15) is 0 Å². The molecule has 0 bridgehead atoms. The van der Waals surface area contributed by atoms with E-state index in [1.807, 2.05) is 0 Å². The van der Waals surface area contributed by atoms with E-state index in [1.54, 1.807) is 18.2 Å². The van der Waals surface area contributed by atoms with Gasteiger partial charge < -0.3 is 10.1 Å². The molecule has 1 aromatic rings. The lowest BCUT2D eigenvalue weighted by atomic mass is 10.2. The number of hydrogen-bond acceptors (Lipinski definition) is 5. The van der Waals surface area contributed by atoms with Gasteiger partial charge in [-0.3, -0.25) is 0 Å². The Kier molecular flexibility index (Phi) is 3.50. The summed E-state index contributed by atoms with van der Waals surface area (Å²) in [5, 5.41) is 13.2. The molecule has 0 atom stereocenters. The van der Waals surface area contributed by atoms with E-state index in [1.165, 1.54) is 12.1 Å². The zero-order valence-corrected chi connectivity index (χ0v) is 7.91. The van der Waals surface area contributed by atoms with E-state index >= 15 is 0 Å². The Hall–Kier alpha value is -2.24. The van der Waals surface area contributed by atoms with Gasteiger partial charge in [0, 0.05) is 0 Å². The van der Waals surface area contributed by atoms with Gasteiger partial charge in [-0.05, 0) is 17.1 Å². The molecule has 78 valence electrons. The van der Waals surface area contributed by atoms with Crippen molar-refractivity contribution in [3.8, 4) is 0 Å². The molecular formula is C9H8N2O4. The number of carbonyl (C=O) groups excluding carboxylic acids is 1. The van der Waals surface area contributed by atoms with Crippen molar-refractivity contribution in [2.24, 2.45) is 5.16 Å². The van der Waals surface area contributed by atoms with Crippen LogP contribution in [-0.2, 0) is 4.84 Å². The second-order valence-electron chi connectivity index (χ2n) is 2.64. The minimum absolute atomic E-state index is 0.289. The molecule has 0 aromatic heterocycles. The minimum Gasteiger partial charge on any atom is -0.358 e. The van der Waals surface area contributed by atoms with Gasteiger partial charge in [-0.1, -0.05) is 18.2 Å². The fourth-order valence-electron chi connectivity index (χ4n) is 0.768. The molecule has 0 radical (unpaired) electrons. The summed E-state index contributed by atoms with van der Waals surface area (Å²) < 4.78 is 0. The number of nitro groups is 1. The van der Waals surface area contributed by atoms with Crippen LogP contribution in [0.15, 0.2) is 35.5 Å². The van der Waals surface area contributed by atoms with Gasteiger partial charge in [-0.2, -0.15) is 0 Å². The zero-order valence-electron chi connectivity index (χ0n) is 7.91. The van der Waals surface area contributed by atoms with Gasteiger partial charge in [-0.15, -0.1) is 0 Å². The molecule has 0 amide bonds. The minimum atomic E-state index is -0.738. The molecule has 0 saturated heterocycles. The summed E-state index contributed by atoms with van der Waals surface area (Å²) in [7, 11) is 0. The molecule has 1 rings (SSSR count). The molecule has 0 fully saturated rings. The van der Waals surface area contributed by atoms with Crippen molar-refractivity contribution in [2.45, 2.75) is 6.92 Å². The van der Waals surface area contributed by atoms with Crippen molar-refractivity contribution in [3.05, 3.63) is 46.0 Å².